The normalized spacial score (nSPS) is 11.6. The third kappa shape index (κ3) is 10.1. The van der Waals surface area contributed by atoms with Gasteiger partial charge < -0.3 is 20.2 Å². The number of nitriles is 1. The average Bonchev–Trinajstić information content (AvgIpc) is 3.39. The van der Waals surface area contributed by atoms with E-state index in [4.69, 9.17) is 33.0 Å². The molecule has 4 rings (SSSR count). The van der Waals surface area contributed by atoms with Gasteiger partial charge in [0.2, 0.25) is 0 Å². The van der Waals surface area contributed by atoms with Crippen molar-refractivity contribution < 1.29 is 14.3 Å². The first kappa shape index (κ1) is 38.3. The Hall–Kier alpha value is -2.88. The van der Waals surface area contributed by atoms with E-state index in [9.17, 15) is 14.9 Å². The van der Waals surface area contributed by atoms with Gasteiger partial charge >= 0.3 is 0 Å². The van der Waals surface area contributed by atoms with Crippen LogP contribution in [0.15, 0.2) is 42.9 Å². The van der Waals surface area contributed by atoms with Crippen LogP contribution in [0.25, 0.3) is 22.2 Å². The van der Waals surface area contributed by atoms with Gasteiger partial charge in [0.15, 0.2) is 0 Å². The van der Waals surface area contributed by atoms with Gasteiger partial charge in [0, 0.05) is 48.1 Å². The molecule has 0 saturated carbocycles. The number of aromatic nitrogens is 4. The Morgan fingerprint density at radius 2 is 1.84 bits per heavy atom. The van der Waals surface area contributed by atoms with Gasteiger partial charge in [0.25, 0.3) is 5.91 Å². The van der Waals surface area contributed by atoms with Crippen molar-refractivity contribution in [2.24, 2.45) is 5.41 Å². The van der Waals surface area contributed by atoms with E-state index in [1.54, 1.807) is 6.07 Å². The predicted molar refractivity (Wildman–Crippen MR) is 192 cm³/mol. The first-order valence-electron chi connectivity index (χ1n) is 14.1. The first-order chi connectivity index (χ1) is 21.5. The molecule has 0 spiro atoms. The van der Waals surface area contributed by atoms with Crippen LogP contribution in [-0.2, 0) is 4.79 Å². The van der Waals surface area contributed by atoms with Gasteiger partial charge in [0.05, 0.1) is 27.5 Å². The van der Waals surface area contributed by atoms with Crippen LogP contribution in [0.1, 0.15) is 68.8 Å². The monoisotopic (exact) mass is 783 g/mol. The molecule has 0 bridgehead atoms. The van der Waals surface area contributed by atoms with Gasteiger partial charge in [-0.2, -0.15) is 10.4 Å². The van der Waals surface area contributed by atoms with Crippen molar-refractivity contribution in [2.45, 2.75) is 47.1 Å². The van der Waals surface area contributed by atoms with E-state index in [1.807, 2.05) is 71.4 Å². The van der Waals surface area contributed by atoms with Crippen molar-refractivity contribution in [3.05, 3.63) is 69.7 Å². The highest BCUT2D eigenvalue weighted by molar-refractivity contribution is 14.2. The van der Waals surface area contributed by atoms with E-state index in [0.717, 1.165) is 17.2 Å². The number of fused-ring (bicyclic) bond motifs is 1. The minimum absolute atomic E-state index is 0.0108. The van der Waals surface area contributed by atoms with Crippen LogP contribution in [0, 0.1) is 16.7 Å². The van der Waals surface area contributed by atoms with Crippen molar-refractivity contribution in [3.63, 3.8) is 0 Å². The number of carbonyl (C=O) groups excluding carboxylic acids is 2. The quantitative estimate of drug-likeness (QED) is 0.0946. The summed E-state index contributed by atoms with van der Waals surface area (Å²) in [6.07, 6.45) is 5.55. The minimum Gasteiger partial charge on any atom is -0.486 e. The summed E-state index contributed by atoms with van der Waals surface area (Å²) >= 11 is 14.9. The third-order valence-corrected chi connectivity index (χ3v) is 8.68. The van der Waals surface area contributed by atoms with E-state index in [1.165, 1.54) is 18.6 Å². The zero-order valence-electron chi connectivity index (χ0n) is 26.2. The number of nitrogens with zero attached hydrogens (tertiary/aromatic N) is 5. The zero-order valence-corrected chi connectivity index (χ0v) is 30.9. The fourth-order valence-corrected chi connectivity index (χ4v) is 6.28. The highest BCUT2D eigenvalue weighted by atomic mass is 127. The van der Waals surface area contributed by atoms with Crippen LogP contribution in [0.5, 0.6) is 5.75 Å². The van der Waals surface area contributed by atoms with E-state index in [-0.39, 0.29) is 17.8 Å². The lowest BCUT2D eigenvalue weighted by Gasteiger charge is -2.22. The van der Waals surface area contributed by atoms with E-state index in [2.05, 4.69) is 48.7 Å². The van der Waals surface area contributed by atoms with Crippen molar-refractivity contribution in [1.29, 1.82) is 5.26 Å². The number of nitrogens with one attached hydrogen (secondary N) is 2. The van der Waals surface area contributed by atoms with Crippen molar-refractivity contribution in [2.75, 3.05) is 20.6 Å². The van der Waals surface area contributed by atoms with Gasteiger partial charge in [-0.3, -0.25) is 9.78 Å². The maximum Gasteiger partial charge on any atom is 0.271 e. The Kier molecular flexibility index (Phi) is 15.6. The molecular formula is C31H37Cl2IN7O3P. The molecule has 4 aromatic rings. The Morgan fingerprint density at radius 3 is 2.42 bits per heavy atom. The first-order valence-corrected chi connectivity index (χ1v) is 18.9. The predicted octanol–water partition coefficient (Wildman–Crippen LogP) is 7.81. The maximum absolute atomic E-state index is 12.8. The van der Waals surface area contributed by atoms with Crippen LogP contribution >= 0.6 is 51.6 Å². The second-order valence-corrected chi connectivity index (χ2v) is 13.1. The molecule has 0 fully saturated rings. The summed E-state index contributed by atoms with van der Waals surface area (Å²) in [5.74, 6) is 0.0910. The van der Waals surface area contributed by atoms with E-state index >= 15 is 0 Å². The average molecular weight is 784 g/mol. The summed E-state index contributed by atoms with van der Waals surface area (Å²) < 4.78 is 8.05. The molecule has 1 unspecified atom stereocenters. The van der Waals surface area contributed by atoms with E-state index < -0.39 is 17.4 Å². The molecule has 0 aliphatic rings. The number of amides is 1. The summed E-state index contributed by atoms with van der Waals surface area (Å²) in [6, 6.07) is 9.31. The SMILES string of the molecule is CC.CNC.C[C@@H](Oc1ccc2c(c1)c(-c1cnc(C(=O)NCC(C)(C)CC=O)c(C#N)c1)nn2PI)c1c(Cl)cncc1Cl. The Bertz CT molecular complexity index is 1640. The lowest BCUT2D eigenvalue weighted by Crippen LogP contribution is -2.35. The summed E-state index contributed by atoms with van der Waals surface area (Å²) in [6.45, 7) is 9.86. The number of halogens is 3. The maximum atomic E-state index is 12.8. The highest BCUT2D eigenvalue weighted by Crippen LogP contribution is 2.38. The zero-order chi connectivity index (χ0) is 33.7. The molecule has 0 radical (unpaired) electrons. The smallest absolute Gasteiger partial charge is 0.271 e. The van der Waals surface area contributed by atoms with Gasteiger partial charge in [-0.25, -0.2) is 9.44 Å². The Morgan fingerprint density at radius 1 is 1.20 bits per heavy atom. The molecule has 45 heavy (non-hydrogen) atoms. The van der Waals surface area contributed by atoms with Crippen LogP contribution in [-0.4, -0.2) is 52.4 Å². The molecular weight excluding hydrogens is 747 g/mol. The Labute approximate surface area is 289 Å². The lowest BCUT2D eigenvalue weighted by atomic mass is 9.90. The fourth-order valence-electron chi connectivity index (χ4n) is 4.08. The lowest BCUT2D eigenvalue weighted by molar-refractivity contribution is -0.109. The molecule has 2 atom stereocenters. The molecule has 0 aliphatic heterocycles. The molecule has 240 valence electrons. The number of rotatable bonds is 10. The highest BCUT2D eigenvalue weighted by Gasteiger charge is 2.23. The number of hydrogen-bond acceptors (Lipinski definition) is 8. The topological polar surface area (TPSA) is 135 Å². The minimum atomic E-state index is -0.482. The number of ether oxygens (including phenoxy) is 1. The van der Waals surface area contributed by atoms with Crippen LogP contribution in [0.2, 0.25) is 10.0 Å². The molecule has 3 aromatic heterocycles. The molecule has 10 nitrogen and oxygen atoms in total. The molecule has 0 saturated heterocycles. The Balaban J connectivity index is 0.00000133. The van der Waals surface area contributed by atoms with Gasteiger partial charge in [-0.15, -0.1) is 0 Å². The molecule has 3 heterocycles. The van der Waals surface area contributed by atoms with Crippen molar-refractivity contribution in [3.8, 4) is 23.1 Å². The fraction of sp³-hybridized carbons (Fsp3) is 0.355. The number of carbonyl (C=O) groups is 2. The number of hydrogen-bond donors (Lipinski definition) is 2. The number of benzene rings is 1. The van der Waals surface area contributed by atoms with Gasteiger partial charge in [0.1, 0.15) is 35.6 Å². The standard InChI is InChI=1S/C27H24Cl2IN6O3P.C2H7N.C2H6/c1-15(23-20(28)12-32-13-21(23)29)39-18-4-5-22-19(9-18)24(35-36(22)40-30)17-8-16(10-31)25(33-11-17)26(38)34-14-27(2,3)6-7-37;1-3-2;1-2/h4-5,7-9,11-13,15,40H,6,14H2,1-3H3,(H,34,38);3H,1-2H3;1-2H3/t15-;;/m1../s1. The summed E-state index contributed by atoms with van der Waals surface area (Å²) in [7, 11) is 3.75. The number of pyridine rings is 2. The molecule has 1 amide bonds. The molecule has 1 aromatic carbocycles. The largest absolute Gasteiger partial charge is 0.486 e. The van der Waals surface area contributed by atoms with Crippen molar-refractivity contribution >= 4 is 74.7 Å². The van der Waals surface area contributed by atoms with Gasteiger partial charge in [-0.1, -0.05) is 50.9 Å². The van der Waals surface area contributed by atoms with Crippen LogP contribution in [0.4, 0.5) is 0 Å². The molecule has 2 N–H and O–H groups in total. The van der Waals surface area contributed by atoms with Crippen LogP contribution < -0.4 is 15.4 Å². The summed E-state index contributed by atoms with van der Waals surface area (Å²) in [5, 5.41) is 21.7. The summed E-state index contributed by atoms with van der Waals surface area (Å²) in [5.41, 5.74) is 2.40. The van der Waals surface area contributed by atoms with Gasteiger partial charge in [-0.05, 0) is 72.7 Å². The molecule has 14 heteroatoms. The second-order valence-electron chi connectivity index (χ2n) is 10.3. The second kappa shape index (κ2) is 18.3. The van der Waals surface area contributed by atoms with Crippen LogP contribution in [0.3, 0.4) is 0 Å². The third-order valence-electron chi connectivity index (χ3n) is 6.20. The number of aldehydes is 1. The van der Waals surface area contributed by atoms with E-state index in [0.29, 0.717) is 45.4 Å². The summed E-state index contributed by atoms with van der Waals surface area (Å²) in [4.78, 5) is 32.0. The molecule has 0 aliphatic carbocycles. The van der Waals surface area contributed by atoms with Crippen molar-refractivity contribution in [1.82, 2.24) is 30.2 Å².